The van der Waals surface area contributed by atoms with Crippen LogP contribution in [0.15, 0.2) is 36.9 Å². The molecular weight excluding hydrogens is 278 g/mol. The molecule has 1 fully saturated rings. The second-order valence-electron chi connectivity index (χ2n) is 5.35. The Bertz CT molecular complexity index is 551. The third-order valence-corrected chi connectivity index (χ3v) is 3.80. The fourth-order valence-electron chi connectivity index (χ4n) is 2.60. The van der Waals surface area contributed by atoms with Crippen molar-refractivity contribution in [3.05, 3.63) is 36.9 Å². The van der Waals surface area contributed by atoms with Gasteiger partial charge in [-0.05, 0) is 44.0 Å². The van der Waals surface area contributed by atoms with Gasteiger partial charge in [0.1, 0.15) is 6.54 Å². The molecule has 0 aliphatic carbocycles. The Morgan fingerprint density at radius 1 is 1.36 bits per heavy atom. The highest BCUT2D eigenvalue weighted by Crippen LogP contribution is 2.23. The minimum absolute atomic E-state index is 0.0370. The Labute approximate surface area is 131 Å². The third-order valence-electron chi connectivity index (χ3n) is 3.80. The molecule has 1 aliphatic heterocycles. The van der Waals surface area contributed by atoms with Crippen LogP contribution < -0.4 is 10.2 Å². The van der Waals surface area contributed by atoms with E-state index < -0.39 is 0 Å². The third kappa shape index (κ3) is 4.10. The molecule has 0 unspecified atom stereocenters. The summed E-state index contributed by atoms with van der Waals surface area (Å²) >= 11 is 0. The van der Waals surface area contributed by atoms with Crippen molar-refractivity contribution >= 4 is 23.2 Å². The summed E-state index contributed by atoms with van der Waals surface area (Å²) < 4.78 is 0. The highest BCUT2D eigenvalue weighted by molar-refractivity contribution is 5.96. The molecule has 118 valence electrons. The molecule has 0 bridgehead atoms. The van der Waals surface area contributed by atoms with Gasteiger partial charge in [-0.1, -0.05) is 12.6 Å². The minimum Gasteiger partial charge on any atom is -0.371 e. The average Bonchev–Trinajstić information content (AvgIpc) is 3.06. The monoisotopic (exact) mass is 301 g/mol. The number of nitrogens with one attached hydrogen (secondary N) is 1. The van der Waals surface area contributed by atoms with Crippen molar-refractivity contribution in [2.45, 2.75) is 19.8 Å². The van der Waals surface area contributed by atoms with Crippen molar-refractivity contribution in [1.29, 1.82) is 0 Å². The van der Waals surface area contributed by atoms with Gasteiger partial charge in [0, 0.05) is 31.0 Å². The number of carbonyl (C=O) groups is 2. The molecule has 1 aromatic rings. The predicted molar refractivity (Wildman–Crippen MR) is 89.0 cm³/mol. The number of hydrogen-bond donors (Lipinski definition) is 1. The van der Waals surface area contributed by atoms with E-state index in [9.17, 15) is 9.59 Å². The zero-order valence-corrected chi connectivity index (χ0v) is 13.0. The number of amides is 2. The molecule has 5 heteroatoms. The quantitative estimate of drug-likeness (QED) is 0.820. The van der Waals surface area contributed by atoms with Crippen molar-refractivity contribution in [3.8, 4) is 0 Å². The van der Waals surface area contributed by atoms with Gasteiger partial charge in [-0.25, -0.2) is 0 Å². The molecule has 1 heterocycles. The van der Waals surface area contributed by atoms with Gasteiger partial charge in [0.15, 0.2) is 0 Å². The largest absolute Gasteiger partial charge is 0.371 e. The molecule has 2 amide bonds. The van der Waals surface area contributed by atoms with Gasteiger partial charge in [0.05, 0.1) is 0 Å². The van der Waals surface area contributed by atoms with E-state index in [1.165, 1.54) is 23.8 Å². The lowest BCUT2D eigenvalue weighted by Crippen LogP contribution is -2.36. The summed E-state index contributed by atoms with van der Waals surface area (Å²) in [6.07, 6.45) is 3.65. The van der Waals surface area contributed by atoms with E-state index in [0.29, 0.717) is 6.54 Å². The number of carbonyl (C=O) groups excluding carboxylic acids is 2. The molecule has 0 radical (unpaired) electrons. The maximum Gasteiger partial charge on any atom is 0.246 e. The van der Waals surface area contributed by atoms with Crippen molar-refractivity contribution in [1.82, 2.24) is 4.90 Å². The van der Waals surface area contributed by atoms with Crippen LogP contribution in [0, 0.1) is 0 Å². The number of nitrogens with zero attached hydrogens (tertiary/aromatic N) is 2. The van der Waals surface area contributed by atoms with Crippen LogP contribution >= 0.6 is 0 Å². The van der Waals surface area contributed by atoms with Gasteiger partial charge in [-0.15, -0.1) is 0 Å². The van der Waals surface area contributed by atoms with Crippen LogP contribution in [-0.2, 0) is 9.59 Å². The van der Waals surface area contributed by atoms with Gasteiger partial charge in [-0.2, -0.15) is 0 Å². The maximum absolute atomic E-state index is 12.1. The first kappa shape index (κ1) is 16.1. The molecule has 1 aromatic carbocycles. The Hall–Kier alpha value is -2.30. The van der Waals surface area contributed by atoms with E-state index >= 15 is 0 Å². The van der Waals surface area contributed by atoms with Crippen molar-refractivity contribution in [2.75, 3.05) is 36.4 Å². The molecule has 0 atom stereocenters. The smallest absolute Gasteiger partial charge is 0.246 e. The van der Waals surface area contributed by atoms with Gasteiger partial charge < -0.3 is 15.1 Å². The molecule has 22 heavy (non-hydrogen) atoms. The Kier molecular flexibility index (Phi) is 5.58. The summed E-state index contributed by atoms with van der Waals surface area (Å²) in [6.45, 7) is 7.93. The standard InChI is InChI=1S/C17H23N3O2/c1-3-17(22)19(4-2)13-16(21)18-14-8-7-9-15(12-14)20-10-5-6-11-20/h3,7-9,12H,1,4-6,10-11,13H2,2H3,(H,18,21). The van der Waals surface area contributed by atoms with Crippen LogP contribution in [0.5, 0.6) is 0 Å². The summed E-state index contributed by atoms with van der Waals surface area (Å²) in [5.74, 6) is -0.431. The van der Waals surface area contributed by atoms with E-state index in [1.54, 1.807) is 0 Å². The zero-order chi connectivity index (χ0) is 15.9. The molecule has 1 N–H and O–H groups in total. The second kappa shape index (κ2) is 7.64. The highest BCUT2D eigenvalue weighted by Gasteiger charge is 2.15. The number of hydrogen-bond acceptors (Lipinski definition) is 3. The molecular formula is C17H23N3O2. The van der Waals surface area contributed by atoms with E-state index in [1.807, 2.05) is 25.1 Å². The molecule has 0 saturated carbocycles. The Morgan fingerprint density at radius 2 is 2.09 bits per heavy atom. The van der Waals surface area contributed by atoms with Crippen molar-refractivity contribution in [2.24, 2.45) is 0 Å². The van der Waals surface area contributed by atoms with Crippen LogP contribution in [0.25, 0.3) is 0 Å². The molecule has 0 spiro atoms. The van der Waals surface area contributed by atoms with E-state index in [-0.39, 0.29) is 18.4 Å². The lowest BCUT2D eigenvalue weighted by Gasteiger charge is -2.20. The number of rotatable bonds is 6. The lowest BCUT2D eigenvalue weighted by molar-refractivity contribution is -0.130. The summed E-state index contributed by atoms with van der Waals surface area (Å²) in [6, 6.07) is 7.84. The van der Waals surface area contributed by atoms with Crippen LogP contribution in [0.3, 0.4) is 0 Å². The Morgan fingerprint density at radius 3 is 2.73 bits per heavy atom. The normalized spacial score (nSPS) is 13.8. The SMILES string of the molecule is C=CC(=O)N(CC)CC(=O)Nc1cccc(N2CCCC2)c1. The second-order valence-corrected chi connectivity index (χ2v) is 5.35. The first-order chi connectivity index (χ1) is 10.6. The summed E-state index contributed by atoms with van der Waals surface area (Å²) in [7, 11) is 0. The van der Waals surface area contributed by atoms with Gasteiger partial charge >= 0.3 is 0 Å². The predicted octanol–water partition coefficient (Wildman–Crippen LogP) is 2.26. The molecule has 0 aromatic heterocycles. The maximum atomic E-state index is 12.1. The van der Waals surface area contributed by atoms with Gasteiger partial charge in [0.25, 0.3) is 0 Å². The summed E-state index contributed by atoms with van der Waals surface area (Å²) in [5, 5.41) is 2.86. The molecule has 1 saturated heterocycles. The topological polar surface area (TPSA) is 52.7 Å². The fraction of sp³-hybridized carbons (Fsp3) is 0.412. The first-order valence-electron chi connectivity index (χ1n) is 7.70. The molecule has 1 aliphatic rings. The van der Waals surface area contributed by atoms with Crippen molar-refractivity contribution in [3.63, 3.8) is 0 Å². The minimum atomic E-state index is -0.233. The van der Waals surface area contributed by atoms with E-state index in [4.69, 9.17) is 0 Å². The summed E-state index contributed by atoms with van der Waals surface area (Å²) in [4.78, 5) is 27.4. The van der Waals surface area contributed by atoms with Crippen LogP contribution in [0.1, 0.15) is 19.8 Å². The number of benzene rings is 1. The van der Waals surface area contributed by atoms with Crippen LogP contribution in [0.2, 0.25) is 0 Å². The lowest BCUT2D eigenvalue weighted by atomic mass is 10.2. The number of likely N-dealkylation sites (N-methyl/N-ethyl adjacent to an activating group) is 1. The molecule has 2 rings (SSSR count). The van der Waals surface area contributed by atoms with Gasteiger partial charge in [-0.3, -0.25) is 9.59 Å². The fourth-order valence-corrected chi connectivity index (χ4v) is 2.60. The van der Waals surface area contributed by atoms with Crippen LogP contribution in [-0.4, -0.2) is 42.9 Å². The van der Waals surface area contributed by atoms with Crippen molar-refractivity contribution < 1.29 is 9.59 Å². The van der Waals surface area contributed by atoms with Gasteiger partial charge in [0.2, 0.25) is 11.8 Å². The Balaban J connectivity index is 1.97. The van der Waals surface area contributed by atoms with E-state index in [2.05, 4.69) is 22.9 Å². The molecule has 5 nitrogen and oxygen atoms in total. The van der Waals surface area contributed by atoms with Crippen LogP contribution in [0.4, 0.5) is 11.4 Å². The van der Waals surface area contributed by atoms with E-state index in [0.717, 1.165) is 24.5 Å². The first-order valence-corrected chi connectivity index (χ1v) is 7.70. The highest BCUT2D eigenvalue weighted by atomic mass is 16.2. The number of anilines is 2. The average molecular weight is 301 g/mol. The zero-order valence-electron chi connectivity index (χ0n) is 13.0. The summed E-state index contributed by atoms with van der Waals surface area (Å²) in [5.41, 5.74) is 1.89.